The first-order chi connectivity index (χ1) is 10.7. The van der Waals surface area contributed by atoms with Crippen LogP contribution in [0.25, 0.3) is 0 Å². The van der Waals surface area contributed by atoms with Crippen molar-refractivity contribution in [3.05, 3.63) is 30.1 Å². The fraction of sp³-hybridized carbons (Fsp3) is 0.533. The van der Waals surface area contributed by atoms with Crippen molar-refractivity contribution < 1.29 is 9.59 Å². The Kier molecular flexibility index (Phi) is 4.94. The van der Waals surface area contributed by atoms with Gasteiger partial charge in [-0.1, -0.05) is 0 Å². The molecule has 2 aliphatic heterocycles. The number of hydrogen-bond donors (Lipinski definition) is 2. The standard InChI is InChI=1S/C15H20N4O2S/c20-14(12-1-3-16-4-2-12)18-9-11-7-13(17-8-11)15(21)19-5-6-22-10-19/h1-4,11,13,17H,5-10H2,(H,18,20)/t11-,13-/m0/s1. The van der Waals surface area contributed by atoms with E-state index in [1.807, 2.05) is 4.90 Å². The largest absolute Gasteiger partial charge is 0.352 e. The summed E-state index contributed by atoms with van der Waals surface area (Å²) in [5.41, 5.74) is 0.614. The lowest BCUT2D eigenvalue weighted by molar-refractivity contribution is -0.131. The van der Waals surface area contributed by atoms with E-state index in [4.69, 9.17) is 0 Å². The summed E-state index contributed by atoms with van der Waals surface area (Å²) in [6.45, 7) is 2.21. The van der Waals surface area contributed by atoms with Crippen LogP contribution >= 0.6 is 11.8 Å². The van der Waals surface area contributed by atoms with Crippen molar-refractivity contribution in [2.75, 3.05) is 31.3 Å². The Morgan fingerprint density at radius 3 is 2.95 bits per heavy atom. The smallest absolute Gasteiger partial charge is 0.251 e. The molecule has 7 heteroatoms. The zero-order valence-corrected chi connectivity index (χ0v) is 13.1. The number of nitrogens with zero attached hydrogens (tertiary/aromatic N) is 2. The minimum absolute atomic E-state index is 0.0897. The van der Waals surface area contributed by atoms with Gasteiger partial charge in [0.15, 0.2) is 0 Å². The maximum absolute atomic E-state index is 12.3. The maximum Gasteiger partial charge on any atom is 0.251 e. The summed E-state index contributed by atoms with van der Waals surface area (Å²) >= 11 is 1.80. The zero-order valence-electron chi connectivity index (χ0n) is 12.3. The Morgan fingerprint density at radius 1 is 1.41 bits per heavy atom. The average Bonchev–Trinajstić information content (AvgIpc) is 3.24. The molecule has 2 fully saturated rings. The number of thioether (sulfide) groups is 1. The van der Waals surface area contributed by atoms with Crippen LogP contribution < -0.4 is 10.6 Å². The second-order valence-corrected chi connectivity index (χ2v) is 6.72. The van der Waals surface area contributed by atoms with Gasteiger partial charge in [-0.3, -0.25) is 14.6 Å². The molecule has 0 saturated carbocycles. The Morgan fingerprint density at radius 2 is 2.23 bits per heavy atom. The third-order valence-electron chi connectivity index (χ3n) is 4.08. The van der Waals surface area contributed by atoms with E-state index in [1.165, 1.54) is 0 Å². The second-order valence-electron chi connectivity index (χ2n) is 5.65. The number of amides is 2. The molecular formula is C15H20N4O2S. The number of carbonyl (C=O) groups is 2. The number of carbonyl (C=O) groups excluding carboxylic acids is 2. The first-order valence-electron chi connectivity index (χ1n) is 7.52. The topological polar surface area (TPSA) is 74.3 Å². The van der Waals surface area contributed by atoms with Crippen LogP contribution in [-0.2, 0) is 4.79 Å². The molecule has 0 spiro atoms. The van der Waals surface area contributed by atoms with E-state index < -0.39 is 0 Å². The average molecular weight is 320 g/mol. The molecule has 1 aromatic rings. The Balaban J connectivity index is 1.45. The van der Waals surface area contributed by atoms with E-state index in [9.17, 15) is 9.59 Å². The molecule has 22 heavy (non-hydrogen) atoms. The highest BCUT2D eigenvalue weighted by atomic mass is 32.2. The molecule has 0 aromatic carbocycles. The van der Waals surface area contributed by atoms with Gasteiger partial charge in [0.1, 0.15) is 0 Å². The highest BCUT2D eigenvalue weighted by Gasteiger charge is 2.33. The van der Waals surface area contributed by atoms with Crippen LogP contribution in [0, 0.1) is 5.92 Å². The Labute approximate surface area is 134 Å². The predicted molar refractivity (Wildman–Crippen MR) is 85.5 cm³/mol. The van der Waals surface area contributed by atoms with Gasteiger partial charge in [0, 0.05) is 43.3 Å². The van der Waals surface area contributed by atoms with E-state index in [1.54, 1.807) is 36.3 Å². The third kappa shape index (κ3) is 3.59. The lowest BCUT2D eigenvalue weighted by Crippen LogP contribution is -2.42. The van der Waals surface area contributed by atoms with Gasteiger partial charge in [-0.25, -0.2) is 0 Å². The van der Waals surface area contributed by atoms with E-state index in [0.29, 0.717) is 18.0 Å². The molecule has 0 radical (unpaired) electrons. The summed E-state index contributed by atoms with van der Waals surface area (Å²) < 4.78 is 0. The van der Waals surface area contributed by atoms with Gasteiger partial charge in [-0.15, -0.1) is 11.8 Å². The lowest BCUT2D eigenvalue weighted by atomic mass is 10.0. The molecule has 2 atom stereocenters. The molecule has 3 heterocycles. The molecule has 2 aliphatic rings. The van der Waals surface area contributed by atoms with Gasteiger partial charge >= 0.3 is 0 Å². The molecule has 2 amide bonds. The van der Waals surface area contributed by atoms with Crippen molar-refractivity contribution in [1.29, 1.82) is 0 Å². The lowest BCUT2D eigenvalue weighted by Gasteiger charge is -2.19. The van der Waals surface area contributed by atoms with Crippen LogP contribution in [-0.4, -0.2) is 59.0 Å². The Hall–Kier alpha value is -1.60. The summed E-state index contributed by atoms with van der Waals surface area (Å²) in [6, 6.07) is 3.29. The Bertz CT molecular complexity index is 534. The molecule has 1 aromatic heterocycles. The summed E-state index contributed by atoms with van der Waals surface area (Å²) in [7, 11) is 0. The monoisotopic (exact) mass is 320 g/mol. The minimum atomic E-state index is -0.0958. The van der Waals surface area contributed by atoms with E-state index in [0.717, 1.165) is 31.1 Å². The van der Waals surface area contributed by atoms with Gasteiger partial charge < -0.3 is 15.5 Å². The molecule has 0 bridgehead atoms. The quantitative estimate of drug-likeness (QED) is 0.836. The van der Waals surface area contributed by atoms with Gasteiger partial charge in [0.25, 0.3) is 5.91 Å². The maximum atomic E-state index is 12.3. The minimum Gasteiger partial charge on any atom is -0.352 e. The van der Waals surface area contributed by atoms with E-state index in [-0.39, 0.29) is 17.9 Å². The van der Waals surface area contributed by atoms with Crippen molar-refractivity contribution in [3.63, 3.8) is 0 Å². The highest BCUT2D eigenvalue weighted by molar-refractivity contribution is 7.99. The summed E-state index contributed by atoms with van der Waals surface area (Å²) in [5, 5.41) is 6.22. The van der Waals surface area contributed by atoms with Gasteiger partial charge in [0.2, 0.25) is 5.91 Å². The number of hydrogen-bond acceptors (Lipinski definition) is 5. The fourth-order valence-corrected chi connectivity index (χ4v) is 3.76. The van der Waals surface area contributed by atoms with Crippen LogP contribution in [0.2, 0.25) is 0 Å². The number of rotatable bonds is 4. The first kappa shape index (κ1) is 15.3. The zero-order chi connectivity index (χ0) is 15.4. The van der Waals surface area contributed by atoms with Gasteiger partial charge in [-0.2, -0.15) is 0 Å². The van der Waals surface area contributed by atoms with Crippen LogP contribution in [0.1, 0.15) is 16.8 Å². The molecule has 0 aliphatic carbocycles. The fourth-order valence-electron chi connectivity index (χ4n) is 2.80. The SMILES string of the molecule is O=C(NC[C@@H]1CN[C@H](C(=O)N2CCSC2)C1)c1ccncc1. The number of aromatic nitrogens is 1. The summed E-state index contributed by atoms with van der Waals surface area (Å²) in [6.07, 6.45) is 4.00. The summed E-state index contributed by atoms with van der Waals surface area (Å²) in [5.74, 6) is 2.25. The van der Waals surface area contributed by atoms with Crippen LogP contribution in [0.4, 0.5) is 0 Å². The van der Waals surface area contributed by atoms with Crippen molar-refractivity contribution in [1.82, 2.24) is 20.5 Å². The van der Waals surface area contributed by atoms with E-state index in [2.05, 4.69) is 15.6 Å². The number of nitrogens with one attached hydrogen (secondary N) is 2. The molecule has 0 unspecified atom stereocenters. The molecule has 2 saturated heterocycles. The van der Waals surface area contributed by atoms with Gasteiger partial charge in [0.05, 0.1) is 11.9 Å². The van der Waals surface area contributed by atoms with Crippen molar-refractivity contribution in [3.8, 4) is 0 Å². The van der Waals surface area contributed by atoms with E-state index >= 15 is 0 Å². The predicted octanol–water partition coefficient (Wildman–Crippen LogP) is 0.322. The highest BCUT2D eigenvalue weighted by Crippen LogP contribution is 2.20. The van der Waals surface area contributed by atoms with Gasteiger partial charge in [-0.05, 0) is 24.5 Å². The van der Waals surface area contributed by atoms with Crippen LogP contribution in [0.3, 0.4) is 0 Å². The first-order valence-corrected chi connectivity index (χ1v) is 8.67. The molecular weight excluding hydrogens is 300 g/mol. The molecule has 2 N–H and O–H groups in total. The molecule has 3 rings (SSSR count). The molecule has 6 nitrogen and oxygen atoms in total. The van der Waals surface area contributed by atoms with Crippen LogP contribution in [0.5, 0.6) is 0 Å². The van der Waals surface area contributed by atoms with Crippen molar-refractivity contribution in [2.24, 2.45) is 5.92 Å². The van der Waals surface area contributed by atoms with Crippen LogP contribution in [0.15, 0.2) is 24.5 Å². The number of pyridine rings is 1. The normalized spacial score (nSPS) is 24.5. The molecule has 118 valence electrons. The van der Waals surface area contributed by atoms with Crippen molar-refractivity contribution in [2.45, 2.75) is 12.5 Å². The van der Waals surface area contributed by atoms with Crippen molar-refractivity contribution >= 4 is 23.6 Å². The second kappa shape index (κ2) is 7.11. The summed E-state index contributed by atoms with van der Waals surface area (Å²) in [4.78, 5) is 30.1. The third-order valence-corrected chi connectivity index (χ3v) is 5.04.